The van der Waals surface area contributed by atoms with Crippen molar-refractivity contribution in [1.29, 1.82) is 0 Å². The van der Waals surface area contributed by atoms with Crippen LogP contribution < -0.4 is 0 Å². The highest BCUT2D eigenvalue weighted by Crippen LogP contribution is 2.07. The average Bonchev–Trinajstić information content (AvgIpc) is 2.12. The molecule has 4 atom stereocenters. The standard InChI is InChI=1S/C7H14O5/c1-4(2-8)6(11)7(12)5(10)3-9/h2,4-7,9-12H,3H2,1H3/t4-,5+,6+,7+/m0/s1. The van der Waals surface area contributed by atoms with E-state index in [9.17, 15) is 4.79 Å². The van der Waals surface area contributed by atoms with Crippen molar-refractivity contribution in [3.63, 3.8) is 0 Å². The van der Waals surface area contributed by atoms with Crippen molar-refractivity contribution < 1.29 is 25.2 Å². The Balaban J connectivity index is 4.07. The molecule has 72 valence electrons. The van der Waals surface area contributed by atoms with Crippen molar-refractivity contribution >= 4 is 6.29 Å². The third-order valence-corrected chi connectivity index (χ3v) is 1.68. The Morgan fingerprint density at radius 1 is 1.25 bits per heavy atom. The molecule has 0 bridgehead atoms. The van der Waals surface area contributed by atoms with Crippen molar-refractivity contribution in [3.05, 3.63) is 0 Å². The van der Waals surface area contributed by atoms with Gasteiger partial charge in [-0.25, -0.2) is 0 Å². The van der Waals surface area contributed by atoms with E-state index in [4.69, 9.17) is 20.4 Å². The minimum Gasteiger partial charge on any atom is -0.394 e. The van der Waals surface area contributed by atoms with Gasteiger partial charge in [0.05, 0.1) is 12.7 Å². The Hall–Kier alpha value is -0.490. The van der Waals surface area contributed by atoms with E-state index in [1.54, 1.807) is 0 Å². The number of carbonyl (C=O) groups is 1. The van der Waals surface area contributed by atoms with Crippen LogP contribution in [0.15, 0.2) is 0 Å². The first-order valence-electron chi connectivity index (χ1n) is 3.65. The topological polar surface area (TPSA) is 98.0 Å². The smallest absolute Gasteiger partial charge is 0.125 e. The molecule has 0 aliphatic rings. The molecule has 0 saturated heterocycles. The first-order chi connectivity index (χ1) is 5.54. The van der Waals surface area contributed by atoms with Gasteiger partial charge in [-0.2, -0.15) is 0 Å². The van der Waals surface area contributed by atoms with Gasteiger partial charge in [0, 0.05) is 5.92 Å². The van der Waals surface area contributed by atoms with E-state index >= 15 is 0 Å². The lowest BCUT2D eigenvalue weighted by Gasteiger charge is -2.23. The number of rotatable bonds is 5. The van der Waals surface area contributed by atoms with Crippen LogP contribution >= 0.6 is 0 Å². The van der Waals surface area contributed by atoms with E-state index in [1.165, 1.54) is 6.92 Å². The molecule has 5 nitrogen and oxygen atoms in total. The van der Waals surface area contributed by atoms with Crippen LogP contribution in [-0.2, 0) is 4.79 Å². The summed E-state index contributed by atoms with van der Waals surface area (Å²) in [5.74, 6) is -0.763. The molecule has 0 aliphatic carbocycles. The summed E-state index contributed by atoms with van der Waals surface area (Å²) in [7, 11) is 0. The first-order valence-corrected chi connectivity index (χ1v) is 3.65. The zero-order valence-corrected chi connectivity index (χ0v) is 6.79. The van der Waals surface area contributed by atoms with Crippen LogP contribution in [0.1, 0.15) is 6.92 Å². The molecule has 0 aliphatic heterocycles. The molecule has 5 heteroatoms. The molecular formula is C7H14O5. The van der Waals surface area contributed by atoms with Gasteiger partial charge in [0.2, 0.25) is 0 Å². The molecule has 4 N–H and O–H groups in total. The predicted molar refractivity (Wildman–Crippen MR) is 40.3 cm³/mol. The number of aliphatic hydroxyl groups is 4. The second-order valence-electron chi connectivity index (χ2n) is 2.73. The minimum absolute atomic E-state index is 0.470. The van der Waals surface area contributed by atoms with Crippen LogP contribution in [0.3, 0.4) is 0 Å². The largest absolute Gasteiger partial charge is 0.394 e. The molecule has 0 saturated carbocycles. The molecule has 0 fully saturated rings. The number of aliphatic hydroxyl groups excluding tert-OH is 4. The molecule has 0 aromatic heterocycles. The summed E-state index contributed by atoms with van der Waals surface area (Å²) in [5.41, 5.74) is 0. The van der Waals surface area contributed by atoms with E-state index in [0.717, 1.165) is 0 Å². The zero-order chi connectivity index (χ0) is 9.72. The summed E-state index contributed by atoms with van der Waals surface area (Å²) in [6.45, 7) is 0.759. The van der Waals surface area contributed by atoms with Gasteiger partial charge in [0.15, 0.2) is 0 Å². The number of aldehydes is 1. The summed E-state index contributed by atoms with van der Waals surface area (Å²) in [6.07, 6.45) is -3.78. The van der Waals surface area contributed by atoms with Gasteiger partial charge < -0.3 is 25.2 Å². The second-order valence-corrected chi connectivity index (χ2v) is 2.73. The van der Waals surface area contributed by atoms with E-state index in [-0.39, 0.29) is 0 Å². The van der Waals surface area contributed by atoms with Gasteiger partial charge in [-0.05, 0) is 0 Å². The lowest BCUT2D eigenvalue weighted by atomic mass is 9.98. The highest BCUT2D eigenvalue weighted by Gasteiger charge is 2.28. The van der Waals surface area contributed by atoms with Crippen molar-refractivity contribution in [1.82, 2.24) is 0 Å². The van der Waals surface area contributed by atoms with E-state index in [2.05, 4.69) is 0 Å². The Labute approximate surface area is 70.3 Å². The summed E-state index contributed by atoms with van der Waals surface area (Å²) < 4.78 is 0. The maximum atomic E-state index is 10.1. The van der Waals surface area contributed by atoms with Crippen LogP contribution in [0.25, 0.3) is 0 Å². The molecule has 0 radical (unpaired) electrons. The highest BCUT2D eigenvalue weighted by atomic mass is 16.4. The van der Waals surface area contributed by atoms with Gasteiger partial charge in [-0.15, -0.1) is 0 Å². The lowest BCUT2D eigenvalue weighted by molar-refractivity contribution is -0.123. The quantitative estimate of drug-likeness (QED) is 0.361. The molecule has 12 heavy (non-hydrogen) atoms. The normalized spacial score (nSPS) is 21.1. The van der Waals surface area contributed by atoms with Gasteiger partial charge in [0.25, 0.3) is 0 Å². The minimum atomic E-state index is -1.49. The highest BCUT2D eigenvalue weighted by molar-refractivity contribution is 5.53. The van der Waals surface area contributed by atoms with Crippen molar-refractivity contribution in [2.75, 3.05) is 6.61 Å². The maximum Gasteiger partial charge on any atom is 0.125 e. The van der Waals surface area contributed by atoms with Crippen LogP contribution in [0, 0.1) is 5.92 Å². The summed E-state index contributed by atoms with van der Waals surface area (Å²) in [5, 5.41) is 35.5. The fraction of sp³-hybridized carbons (Fsp3) is 0.857. The molecule has 0 spiro atoms. The van der Waals surface area contributed by atoms with E-state index in [0.29, 0.717) is 6.29 Å². The average molecular weight is 178 g/mol. The van der Waals surface area contributed by atoms with Crippen LogP contribution in [-0.4, -0.2) is 51.6 Å². The molecule has 0 unspecified atom stereocenters. The van der Waals surface area contributed by atoms with Crippen molar-refractivity contribution in [3.8, 4) is 0 Å². The van der Waals surface area contributed by atoms with Crippen molar-refractivity contribution in [2.45, 2.75) is 25.2 Å². The molecule has 0 heterocycles. The summed E-state index contributed by atoms with van der Waals surface area (Å²) in [6, 6.07) is 0. The molecule has 0 aromatic rings. The fourth-order valence-corrected chi connectivity index (χ4v) is 0.727. The number of hydrogen-bond donors (Lipinski definition) is 4. The predicted octanol–water partition coefficient (Wildman–Crippen LogP) is -2.10. The van der Waals surface area contributed by atoms with E-state index in [1.807, 2.05) is 0 Å². The molecule has 0 rings (SSSR count). The molecule has 0 amide bonds. The molecule has 0 aromatic carbocycles. The van der Waals surface area contributed by atoms with Crippen molar-refractivity contribution in [2.24, 2.45) is 5.92 Å². The third-order valence-electron chi connectivity index (χ3n) is 1.68. The first kappa shape index (κ1) is 11.5. The summed E-state index contributed by atoms with van der Waals surface area (Å²) in [4.78, 5) is 10.1. The number of carbonyl (C=O) groups excluding carboxylic acids is 1. The third kappa shape index (κ3) is 2.86. The van der Waals surface area contributed by atoms with Gasteiger partial charge in [0.1, 0.15) is 18.5 Å². The SMILES string of the molecule is C[C@@H](C=O)[C@@H](O)[C@H](O)[C@H](O)CO. The van der Waals surface area contributed by atoms with Gasteiger partial charge in [-0.1, -0.05) is 6.92 Å². The van der Waals surface area contributed by atoms with E-state index < -0.39 is 30.8 Å². The maximum absolute atomic E-state index is 10.1. The van der Waals surface area contributed by atoms with Crippen LogP contribution in [0.4, 0.5) is 0 Å². The number of hydrogen-bond acceptors (Lipinski definition) is 5. The fourth-order valence-electron chi connectivity index (χ4n) is 0.727. The van der Waals surface area contributed by atoms with Crippen LogP contribution in [0.2, 0.25) is 0 Å². The van der Waals surface area contributed by atoms with Gasteiger partial charge in [-0.3, -0.25) is 0 Å². The lowest BCUT2D eigenvalue weighted by Crippen LogP contribution is -2.43. The van der Waals surface area contributed by atoms with Crippen LogP contribution in [0.5, 0.6) is 0 Å². The van der Waals surface area contributed by atoms with Gasteiger partial charge >= 0.3 is 0 Å². The Kier molecular flexibility index (Phi) is 5.00. The Morgan fingerprint density at radius 3 is 2.08 bits per heavy atom. The Morgan fingerprint density at radius 2 is 1.75 bits per heavy atom. The zero-order valence-electron chi connectivity index (χ0n) is 6.79. The summed E-state index contributed by atoms with van der Waals surface area (Å²) >= 11 is 0. The second kappa shape index (κ2) is 5.21. The molecular weight excluding hydrogens is 164 g/mol. The monoisotopic (exact) mass is 178 g/mol. The Bertz CT molecular complexity index is 138.